The number of nitrogens with one attached hydrogen (secondary N) is 1. The number of carbonyl (C=O) groups excluding carboxylic acids is 2. The summed E-state index contributed by atoms with van der Waals surface area (Å²) in [5, 5.41) is 2.94. The van der Waals surface area contributed by atoms with Crippen molar-refractivity contribution in [2.75, 3.05) is 30.3 Å². The van der Waals surface area contributed by atoms with Gasteiger partial charge in [-0.2, -0.15) is 0 Å². The Morgan fingerprint density at radius 1 is 1.05 bits per heavy atom. The molecule has 1 aliphatic heterocycles. The van der Waals surface area contributed by atoms with Crippen LogP contribution in [0.1, 0.15) is 46.1 Å². The fourth-order valence-electron chi connectivity index (χ4n) is 4.03. The number of carbonyl (C=O) groups is 2. The highest BCUT2D eigenvalue weighted by Crippen LogP contribution is 2.34. The lowest BCUT2D eigenvalue weighted by atomic mass is 10.1. The van der Waals surface area contributed by atoms with Gasteiger partial charge in [0.1, 0.15) is 19.3 Å². The van der Waals surface area contributed by atoms with Gasteiger partial charge in [-0.05, 0) is 63.9 Å². The maximum Gasteiger partial charge on any atom is 0.242 e. The molecule has 2 aromatic rings. The van der Waals surface area contributed by atoms with E-state index in [1.807, 2.05) is 45.0 Å². The van der Waals surface area contributed by atoms with Gasteiger partial charge in [0.25, 0.3) is 0 Å². The number of ether oxygens (including phenoxy) is 2. The molecule has 208 valence electrons. The van der Waals surface area contributed by atoms with Gasteiger partial charge < -0.3 is 19.7 Å². The van der Waals surface area contributed by atoms with Crippen LogP contribution in [0, 0.1) is 0 Å². The average Bonchev–Trinajstić information content (AvgIpc) is 2.83. The monoisotopic (exact) mass is 609 g/mol. The van der Waals surface area contributed by atoms with Crippen molar-refractivity contribution in [2.45, 2.75) is 58.7 Å². The molecule has 2 aromatic carbocycles. The molecular weight excluding hydrogens is 574 g/mol. The maximum atomic E-state index is 13.4. The second-order valence-electron chi connectivity index (χ2n) is 10.3. The van der Waals surface area contributed by atoms with E-state index in [1.54, 1.807) is 30.0 Å². The summed E-state index contributed by atoms with van der Waals surface area (Å²) in [7, 11) is -3.62. The highest BCUT2D eigenvalue weighted by Gasteiger charge is 2.29. The van der Waals surface area contributed by atoms with E-state index in [1.165, 1.54) is 4.31 Å². The Bertz CT molecular complexity index is 1240. The van der Waals surface area contributed by atoms with E-state index in [4.69, 9.17) is 9.47 Å². The number of fused-ring (bicyclic) bond motifs is 1. The van der Waals surface area contributed by atoms with Crippen LogP contribution in [0.5, 0.6) is 11.5 Å². The summed E-state index contributed by atoms with van der Waals surface area (Å²) in [5.74, 6) is 0.560. The van der Waals surface area contributed by atoms with Crippen molar-refractivity contribution in [3.8, 4) is 11.5 Å². The third-order valence-corrected chi connectivity index (χ3v) is 7.62. The average molecular weight is 611 g/mol. The summed E-state index contributed by atoms with van der Waals surface area (Å²) in [5.41, 5.74) is 0.872. The maximum absolute atomic E-state index is 13.4. The number of rotatable bonds is 10. The third kappa shape index (κ3) is 8.36. The van der Waals surface area contributed by atoms with E-state index in [0.29, 0.717) is 30.4 Å². The van der Waals surface area contributed by atoms with Crippen LogP contribution in [0.15, 0.2) is 46.9 Å². The molecule has 0 radical (unpaired) electrons. The minimum Gasteiger partial charge on any atom is -0.486 e. The molecule has 9 nitrogen and oxygen atoms in total. The molecule has 2 amide bonds. The molecule has 0 fully saturated rings. The molecule has 0 aliphatic carbocycles. The van der Waals surface area contributed by atoms with E-state index in [-0.39, 0.29) is 37.7 Å². The molecule has 1 N–H and O–H groups in total. The van der Waals surface area contributed by atoms with Gasteiger partial charge in [-0.3, -0.25) is 13.9 Å². The number of benzene rings is 2. The van der Waals surface area contributed by atoms with Gasteiger partial charge in [-0.25, -0.2) is 8.42 Å². The highest BCUT2D eigenvalue weighted by molar-refractivity contribution is 9.10. The van der Waals surface area contributed by atoms with Crippen LogP contribution in [-0.2, 0) is 26.2 Å². The third-order valence-electron chi connectivity index (χ3n) is 5.90. The lowest BCUT2D eigenvalue weighted by Gasteiger charge is -2.32. The predicted molar refractivity (Wildman–Crippen MR) is 151 cm³/mol. The van der Waals surface area contributed by atoms with Gasteiger partial charge in [0.05, 0.1) is 11.9 Å². The number of anilines is 1. The van der Waals surface area contributed by atoms with Crippen LogP contribution in [-0.4, -0.2) is 62.7 Å². The Balaban J connectivity index is 1.74. The zero-order valence-corrected chi connectivity index (χ0v) is 24.9. The summed E-state index contributed by atoms with van der Waals surface area (Å²) in [4.78, 5) is 27.9. The van der Waals surface area contributed by atoms with Gasteiger partial charge in [-0.1, -0.05) is 28.1 Å². The molecule has 1 atom stereocenters. The molecule has 3 rings (SSSR count). The van der Waals surface area contributed by atoms with Crippen molar-refractivity contribution in [1.82, 2.24) is 10.2 Å². The lowest BCUT2D eigenvalue weighted by Crippen LogP contribution is -2.52. The topological polar surface area (TPSA) is 105 Å². The Morgan fingerprint density at radius 3 is 2.29 bits per heavy atom. The van der Waals surface area contributed by atoms with E-state index in [9.17, 15) is 18.0 Å². The molecule has 0 aromatic heterocycles. The lowest BCUT2D eigenvalue weighted by molar-refractivity contribution is -0.141. The van der Waals surface area contributed by atoms with Crippen LogP contribution in [0.2, 0.25) is 0 Å². The molecular formula is C27H36BrN3O6S. The predicted octanol–water partition coefficient (Wildman–Crippen LogP) is 4.10. The number of hydrogen-bond donors (Lipinski definition) is 1. The Hall–Kier alpha value is -2.79. The molecule has 0 saturated carbocycles. The van der Waals surface area contributed by atoms with Gasteiger partial charge in [-0.15, -0.1) is 0 Å². The van der Waals surface area contributed by atoms with Gasteiger partial charge in [0, 0.05) is 35.6 Å². The second-order valence-corrected chi connectivity index (χ2v) is 13.2. The number of halogens is 1. The van der Waals surface area contributed by atoms with Crippen LogP contribution in [0.3, 0.4) is 0 Å². The number of hydrogen-bond acceptors (Lipinski definition) is 6. The van der Waals surface area contributed by atoms with Crippen molar-refractivity contribution in [3.63, 3.8) is 0 Å². The fourth-order valence-corrected chi connectivity index (χ4v) is 5.26. The van der Waals surface area contributed by atoms with Crippen LogP contribution >= 0.6 is 15.9 Å². The van der Waals surface area contributed by atoms with Crippen molar-refractivity contribution in [1.29, 1.82) is 0 Å². The van der Waals surface area contributed by atoms with Crippen molar-refractivity contribution in [2.24, 2.45) is 0 Å². The summed E-state index contributed by atoms with van der Waals surface area (Å²) in [6.07, 6.45) is 1.47. The Labute approximate surface area is 233 Å². The normalized spacial score (nSPS) is 13.9. The van der Waals surface area contributed by atoms with E-state index >= 15 is 0 Å². The van der Waals surface area contributed by atoms with E-state index in [0.717, 1.165) is 16.3 Å². The molecule has 0 bridgehead atoms. The molecule has 0 saturated heterocycles. The quantitative estimate of drug-likeness (QED) is 0.435. The van der Waals surface area contributed by atoms with Gasteiger partial charge in [0.2, 0.25) is 21.8 Å². The minimum absolute atomic E-state index is 0.0697. The Kier molecular flexibility index (Phi) is 9.69. The number of sulfonamides is 1. The number of nitrogens with zero attached hydrogens (tertiary/aromatic N) is 2. The first-order chi connectivity index (χ1) is 17.7. The summed E-state index contributed by atoms with van der Waals surface area (Å²) in [6.45, 7) is 8.53. The number of amides is 2. The van der Waals surface area contributed by atoms with Crippen LogP contribution in [0.4, 0.5) is 5.69 Å². The summed E-state index contributed by atoms with van der Waals surface area (Å²) in [6, 6.07) is 11.8. The van der Waals surface area contributed by atoms with E-state index < -0.39 is 21.6 Å². The van der Waals surface area contributed by atoms with Crippen molar-refractivity contribution in [3.05, 3.63) is 52.5 Å². The highest BCUT2D eigenvalue weighted by atomic mass is 79.9. The SMILES string of the molecule is C[C@@H](C(=O)NC(C)(C)C)N(Cc1ccc(Br)cc1)C(=O)CCCN(c1ccc2c(c1)OCCO2)S(C)(=O)=O. The smallest absolute Gasteiger partial charge is 0.242 e. The van der Waals surface area contributed by atoms with E-state index in [2.05, 4.69) is 21.2 Å². The zero-order valence-electron chi connectivity index (χ0n) is 22.5. The van der Waals surface area contributed by atoms with Gasteiger partial charge in [0.15, 0.2) is 11.5 Å². The zero-order chi connectivity index (χ0) is 28.1. The van der Waals surface area contributed by atoms with Crippen molar-refractivity contribution >= 4 is 43.5 Å². The van der Waals surface area contributed by atoms with Crippen LogP contribution in [0.25, 0.3) is 0 Å². The second kappa shape index (κ2) is 12.4. The molecule has 0 unspecified atom stereocenters. The first kappa shape index (κ1) is 29.8. The first-order valence-corrected chi connectivity index (χ1v) is 15.1. The summed E-state index contributed by atoms with van der Waals surface area (Å²) < 4.78 is 38.5. The summed E-state index contributed by atoms with van der Waals surface area (Å²) >= 11 is 3.42. The molecule has 0 spiro atoms. The van der Waals surface area contributed by atoms with Gasteiger partial charge >= 0.3 is 0 Å². The standard InChI is InChI=1S/C27H36BrN3O6S/c1-19(26(33)29-27(2,3)4)30(18-20-8-10-21(28)11-9-20)25(32)7-6-14-31(38(5,34)35)22-12-13-23-24(17-22)37-16-15-36-23/h8-13,17,19H,6-7,14-16,18H2,1-5H3,(H,29,33)/t19-/m0/s1. The molecule has 1 aliphatic rings. The molecule has 38 heavy (non-hydrogen) atoms. The molecule has 1 heterocycles. The van der Waals surface area contributed by atoms with Crippen LogP contribution < -0.4 is 19.1 Å². The Morgan fingerprint density at radius 2 is 1.68 bits per heavy atom. The fraction of sp³-hybridized carbons (Fsp3) is 0.481. The van der Waals surface area contributed by atoms with Crippen molar-refractivity contribution < 1.29 is 27.5 Å². The largest absolute Gasteiger partial charge is 0.486 e. The first-order valence-electron chi connectivity index (χ1n) is 12.5. The minimum atomic E-state index is -3.62. The molecule has 11 heteroatoms.